The predicted molar refractivity (Wildman–Crippen MR) is 49.9 cm³/mol. The van der Waals surface area contributed by atoms with Crippen molar-refractivity contribution in [3.8, 4) is 0 Å². The summed E-state index contributed by atoms with van der Waals surface area (Å²) in [6.45, 7) is 4.04. The second-order valence-electron chi connectivity index (χ2n) is 3.19. The van der Waals surface area contributed by atoms with E-state index in [4.69, 9.17) is 5.73 Å². The molecule has 1 heterocycles. The summed E-state index contributed by atoms with van der Waals surface area (Å²) < 4.78 is 1.51. The molecule has 1 aromatic heterocycles. The Labute approximate surface area is 76.9 Å². The minimum absolute atomic E-state index is 0.0573. The molecular formula is C8H14N4O. The molecule has 3 N–H and O–H groups in total. The van der Waals surface area contributed by atoms with Crippen molar-refractivity contribution in [2.45, 2.75) is 26.4 Å². The van der Waals surface area contributed by atoms with Crippen LogP contribution in [-0.2, 0) is 11.3 Å². The van der Waals surface area contributed by atoms with Crippen molar-refractivity contribution in [2.75, 3.05) is 5.73 Å². The molecule has 0 unspecified atom stereocenters. The molecule has 0 bridgehead atoms. The second kappa shape index (κ2) is 3.93. The fraction of sp³-hybridized carbons (Fsp3) is 0.500. The lowest BCUT2D eigenvalue weighted by molar-refractivity contribution is -0.122. The van der Waals surface area contributed by atoms with Gasteiger partial charge in [-0.2, -0.15) is 5.10 Å². The normalized spacial score (nSPS) is 10.4. The van der Waals surface area contributed by atoms with E-state index in [0.717, 1.165) is 0 Å². The van der Waals surface area contributed by atoms with Crippen LogP contribution in [0.25, 0.3) is 0 Å². The zero-order valence-electron chi connectivity index (χ0n) is 7.82. The minimum atomic E-state index is -0.0573. The number of hydrogen-bond acceptors (Lipinski definition) is 3. The van der Waals surface area contributed by atoms with Gasteiger partial charge in [-0.1, -0.05) is 0 Å². The third-order valence-electron chi connectivity index (χ3n) is 1.41. The number of nitrogen functional groups attached to an aromatic ring is 1. The van der Waals surface area contributed by atoms with Crippen molar-refractivity contribution in [1.29, 1.82) is 0 Å². The topological polar surface area (TPSA) is 72.9 Å². The molecule has 1 rings (SSSR count). The van der Waals surface area contributed by atoms with E-state index in [1.165, 1.54) is 10.9 Å². The van der Waals surface area contributed by atoms with Gasteiger partial charge in [-0.25, -0.2) is 0 Å². The van der Waals surface area contributed by atoms with Gasteiger partial charge in [-0.05, 0) is 13.8 Å². The molecule has 0 saturated carbocycles. The monoisotopic (exact) mass is 182 g/mol. The number of carbonyl (C=O) groups excluding carboxylic acids is 1. The van der Waals surface area contributed by atoms with E-state index >= 15 is 0 Å². The fourth-order valence-electron chi connectivity index (χ4n) is 0.981. The predicted octanol–water partition coefficient (Wildman–Crippen LogP) is -0.0101. The molecule has 0 aliphatic carbocycles. The summed E-state index contributed by atoms with van der Waals surface area (Å²) in [5, 5.41) is 6.65. The fourth-order valence-corrected chi connectivity index (χ4v) is 0.981. The van der Waals surface area contributed by atoms with E-state index in [-0.39, 0.29) is 18.5 Å². The number of rotatable bonds is 3. The van der Waals surface area contributed by atoms with Crippen molar-refractivity contribution < 1.29 is 4.79 Å². The zero-order chi connectivity index (χ0) is 9.84. The highest BCUT2D eigenvalue weighted by molar-refractivity contribution is 5.75. The average Bonchev–Trinajstić information content (AvgIpc) is 2.33. The number of anilines is 1. The summed E-state index contributed by atoms with van der Waals surface area (Å²) >= 11 is 0. The molecule has 72 valence electrons. The summed E-state index contributed by atoms with van der Waals surface area (Å²) in [4.78, 5) is 11.2. The highest BCUT2D eigenvalue weighted by atomic mass is 16.2. The Hall–Kier alpha value is -1.52. The van der Waals surface area contributed by atoms with Crippen LogP contribution in [0.2, 0.25) is 0 Å². The molecular weight excluding hydrogens is 168 g/mol. The summed E-state index contributed by atoms with van der Waals surface area (Å²) in [5.41, 5.74) is 6.01. The number of hydrogen-bond donors (Lipinski definition) is 2. The first-order valence-electron chi connectivity index (χ1n) is 4.15. The first-order valence-corrected chi connectivity index (χ1v) is 4.15. The van der Waals surface area contributed by atoms with E-state index < -0.39 is 0 Å². The largest absolute Gasteiger partial charge is 0.396 e. The molecule has 0 aliphatic rings. The van der Waals surface area contributed by atoms with Crippen LogP contribution in [0.4, 0.5) is 5.69 Å². The van der Waals surface area contributed by atoms with Gasteiger partial charge in [0.2, 0.25) is 5.91 Å². The van der Waals surface area contributed by atoms with Gasteiger partial charge >= 0.3 is 0 Å². The Balaban J connectivity index is 2.45. The number of nitrogens with one attached hydrogen (secondary N) is 1. The number of nitrogens with zero attached hydrogens (tertiary/aromatic N) is 2. The van der Waals surface area contributed by atoms with Gasteiger partial charge in [0.1, 0.15) is 6.54 Å². The summed E-state index contributed by atoms with van der Waals surface area (Å²) in [6, 6.07) is 0.153. The highest BCUT2D eigenvalue weighted by Crippen LogP contribution is 1.96. The zero-order valence-corrected chi connectivity index (χ0v) is 7.82. The smallest absolute Gasteiger partial charge is 0.241 e. The first-order chi connectivity index (χ1) is 6.08. The van der Waals surface area contributed by atoms with Gasteiger partial charge in [0.05, 0.1) is 11.9 Å². The van der Waals surface area contributed by atoms with Crippen molar-refractivity contribution >= 4 is 11.6 Å². The van der Waals surface area contributed by atoms with Crippen LogP contribution >= 0.6 is 0 Å². The van der Waals surface area contributed by atoms with Crippen molar-refractivity contribution in [3.63, 3.8) is 0 Å². The van der Waals surface area contributed by atoms with Crippen molar-refractivity contribution in [3.05, 3.63) is 12.4 Å². The van der Waals surface area contributed by atoms with E-state index in [0.29, 0.717) is 5.69 Å². The Morgan fingerprint density at radius 1 is 1.77 bits per heavy atom. The molecule has 5 nitrogen and oxygen atoms in total. The molecule has 0 aliphatic heterocycles. The third kappa shape index (κ3) is 3.14. The van der Waals surface area contributed by atoms with E-state index in [1.54, 1.807) is 6.20 Å². The van der Waals surface area contributed by atoms with E-state index in [9.17, 15) is 4.79 Å². The first kappa shape index (κ1) is 9.57. The molecule has 0 fully saturated rings. The van der Waals surface area contributed by atoms with Crippen LogP contribution in [0.3, 0.4) is 0 Å². The maximum absolute atomic E-state index is 11.2. The van der Waals surface area contributed by atoms with Crippen LogP contribution < -0.4 is 11.1 Å². The van der Waals surface area contributed by atoms with Gasteiger partial charge in [0.25, 0.3) is 0 Å². The van der Waals surface area contributed by atoms with E-state index in [2.05, 4.69) is 10.4 Å². The van der Waals surface area contributed by atoms with Crippen LogP contribution in [0.15, 0.2) is 12.4 Å². The van der Waals surface area contributed by atoms with Crippen LogP contribution in [0.1, 0.15) is 13.8 Å². The molecule has 0 spiro atoms. The Kier molecular flexibility index (Phi) is 2.89. The lowest BCUT2D eigenvalue weighted by Gasteiger charge is -2.07. The maximum Gasteiger partial charge on any atom is 0.241 e. The summed E-state index contributed by atoms with van der Waals surface area (Å²) in [6.07, 6.45) is 3.14. The molecule has 13 heavy (non-hydrogen) atoms. The van der Waals surface area contributed by atoms with Gasteiger partial charge in [0.15, 0.2) is 0 Å². The number of aromatic nitrogens is 2. The van der Waals surface area contributed by atoms with Gasteiger partial charge in [-0.3, -0.25) is 9.48 Å². The van der Waals surface area contributed by atoms with Gasteiger partial charge in [-0.15, -0.1) is 0 Å². The number of nitrogens with two attached hydrogens (primary N) is 1. The summed E-state index contributed by atoms with van der Waals surface area (Å²) in [7, 11) is 0. The SMILES string of the molecule is CC(C)NC(=O)Cn1cc(N)cn1. The highest BCUT2D eigenvalue weighted by Gasteiger charge is 2.04. The molecule has 5 heteroatoms. The molecule has 0 atom stereocenters. The third-order valence-corrected chi connectivity index (χ3v) is 1.41. The molecule has 0 saturated heterocycles. The molecule has 0 aromatic carbocycles. The van der Waals surface area contributed by atoms with Gasteiger partial charge < -0.3 is 11.1 Å². The number of amides is 1. The molecule has 1 amide bonds. The molecule has 0 radical (unpaired) electrons. The number of carbonyl (C=O) groups is 1. The lowest BCUT2D eigenvalue weighted by atomic mass is 10.4. The van der Waals surface area contributed by atoms with Crippen LogP contribution in [0.5, 0.6) is 0 Å². The maximum atomic E-state index is 11.2. The van der Waals surface area contributed by atoms with Crippen molar-refractivity contribution in [2.24, 2.45) is 0 Å². The second-order valence-corrected chi connectivity index (χ2v) is 3.19. The molecule has 1 aromatic rings. The van der Waals surface area contributed by atoms with Crippen molar-refractivity contribution in [1.82, 2.24) is 15.1 Å². The Bertz CT molecular complexity index is 292. The van der Waals surface area contributed by atoms with E-state index in [1.807, 2.05) is 13.8 Å². The lowest BCUT2D eigenvalue weighted by Crippen LogP contribution is -2.33. The minimum Gasteiger partial charge on any atom is -0.396 e. The van der Waals surface area contributed by atoms with Crippen LogP contribution in [-0.4, -0.2) is 21.7 Å². The quantitative estimate of drug-likeness (QED) is 0.690. The Morgan fingerprint density at radius 3 is 2.92 bits per heavy atom. The van der Waals surface area contributed by atoms with Crippen LogP contribution in [0, 0.1) is 0 Å². The summed E-state index contributed by atoms with van der Waals surface area (Å²) in [5.74, 6) is -0.0573. The van der Waals surface area contributed by atoms with Gasteiger partial charge in [0, 0.05) is 12.2 Å². The standard InChI is InChI=1S/C8H14N4O/c1-6(2)11-8(13)5-12-4-7(9)3-10-12/h3-4,6H,5,9H2,1-2H3,(H,11,13). The Morgan fingerprint density at radius 2 is 2.46 bits per heavy atom. The average molecular weight is 182 g/mol.